The summed E-state index contributed by atoms with van der Waals surface area (Å²) in [7, 11) is 0. The minimum absolute atomic E-state index is 0.0478. The van der Waals surface area contributed by atoms with Gasteiger partial charge in [0.05, 0.1) is 88.4 Å². The van der Waals surface area contributed by atoms with Crippen LogP contribution in [0.1, 0.15) is 131 Å². The van der Waals surface area contributed by atoms with Crippen molar-refractivity contribution >= 4 is 103 Å². The fourth-order valence-corrected chi connectivity index (χ4v) is 14.6. The molecule has 0 radical (unpaired) electrons. The van der Waals surface area contributed by atoms with Crippen molar-refractivity contribution in [3.05, 3.63) is 272 Å². The number of fused-ring (bicyclic) bond motifs is 25. The lowest BCUT2D eigenvalue weighted by atomic mass is 9.97. The summed E-state index contributed by atoms with van der Waals surface area (Å²) in [5.41, 5.74) is 7.15. The van der Waals surface area contributed by atoms with Gasteiger partial charge in [0.2, 0.25) is 0 Å². The van der Waals surface area contributed by atoms with Gasteiger partial charge in [-0.2, -0.15) is 0 Å². The molecule has 19 rings (SSSR count). The third-order valence-corrected chi connectivity index (χ3v) is 19.5. The standard InChI is InChI=1S/C77H43N13O10/c91-68-44-13-1-2-14-45(44)69(92)86(68)32-37-24-26-42-55(28-37)63-79-60(42)78-62-54-23-11-12-39(34-88-72(95)48-17-5-6-18-49(48)73(88)96)59(54)67(85-62)84-61-43-27-25-38(33-87-70(93)46-15-3-4-16-47(46)71(87)94)29-56(43)64(80-61)82-66-58-31-41(36-90-76(99)52-21-9-10-22-53(52)77(90)100)40(30-57(58)65(81-63)83-66)35-89-74(97)50-19-7-8-20-51(50)75(89)98/h1-31H,32-36H2,(H2,78,79,80,81,82,83,84,85). The Balaban J connectivity index is 0.857. The lowest BCUT2D eigenvalue weighted by molar-refractivity contribution is 0.0617. The molecule has 0 atom stereocenters. The summed E-state index contributed by atoms with van der Waals surface area (Å²) in [6.45, 7) is -1.09. The van der Waals surface area contributed by atoms with Crippen LogP contribution in [0.4, 0.5) is 0 Å². The fourth-order valence-electron chi connectivity index (χ4n) is 14.6. The van der Waals surface area contributed by atoms with Gasteiger partial charge in [-0.3, -0.25) is 72.4 Å². The number of rotatable bonds is 10. The second-order valence-corrected chi connectivity index (χ2v) is 25.1. The third-order valence-electron chi connectivity index (χ3n) is 19.5. The zero-order valence-corrected chi connectivity index (χ0v) is 51.9. The molecule has 10 amide bonds. The van der Waals surface area contributed by atoms with E-state index in [1.807, 2.05) is 0 Å². The molecule has 8 bridgehead atoms. The van der Waals surface area contributed by atoms with Crippen molar-refractivity contribution in [3.8, 4) is 45.6 Å². The summed E-state index contributed by atoms with van der Waals surface area (Å²) in [6.07, 6.45) is 0. The Morgan fingerprint density at radius 3 is 0.840 bits per heavy atom. The van der Waals surface area contributed by atoms with Crippen LogP contribution in [-0.4, -0.2) is 123 Å². The van der Waals surface area contributed by atoms with Crippen LogP contribution in [-0.2, 0) is 32.7 Å². The van der Waals surface area contributed by atoms with Gasteiger partial charge in [0.25, 0.3) is 59.1 Å². The van der Waals surface area contributed by atoms with Gasteiger partial charge in [0.15, 0.2) is 23.3 Å². The molecule has 0 fully saturated rings. The molecule has 3 aromatic heterocycles. The van der Waals surface area contributed by atoms with Crippen LogP contribution >= 0.6 is 0 Å². The highest BCUT2D eigenvalue weighted by atomic mass is 16.2. The second-order valence-electron chi connectivity index (χ2n) is 25.1. The fraction of sp³-hybridized carbons (Fsp3) is 0.0649. The molecule has 12 aromatic rings. The van der Waals surface area contributed by atoms with E-state index in [0.29, 0.717) is 71.6 Å². The first-order chi connectivity index (χ1) is 48.7. The molecule has 10 heterocycles. The van der Waals surface area contributed by atoms with Gasteiger partial charge in [-0.05, 0) is 113 Å². The molecular formula is C77H43N13O10. The number of carbonyl (C=O) groups is 10. The van der Waals surface area contributed by atoms with Crippen molar-refractivity contribution in [1.29, 1.82) is 0 Å². The first-order valence-electron chi connectivity index (χ1n) is 31.8. The molecule has 23 heteroatoms. The molecule has 0 saturated carbocycles. The number of hydrogen-bond acceptors (Lipinski definition) is 16. The number of carbonyl (C=O) groups excluding carboxylic acids is 10. The highest BCUT2D eigenvalue weighted by molar-refractivity contribution is 6.25. The highest BCUT2D eigenvalue weighted by Crippen LogP contribution is 2.43. The Kier molecular flexibility index (Phi) is 12.2. The van der Waals surface area contributed by atoms with Gasteiger partial charge in [-0.25, -0.2) is 29.9 Å². The van der Waals surface area contributed by atoms with Crippen LogP contribution in [0.3, 0.4) is 0 Å². The lowest BCUT2D eigenvalue weighted by Crippen LogP contribution is -2.32. The van der Waals surface area contributed by atoms with E-state index in [2.05, 4.69) is 9.97 Å². The molecule has 0 unspecified atom stereocenters. The highest BCUT2D eigenvalue weighted by Gasteiger charge is 2.42. The number of imide groups is 5. The van der Waals surface area contributed by atoms with Crippen LogP contribution in [0.15, 0.2) is 188 Å². The zero-order chi connectivity index (χ0) is 67.7. The molecule has 100 heavy (non-hydrogen) atoms. The van der Waals surface area contributed by atoms with Crippen molar-refractivity contribution in [3.63, 3.8) is 0 Å². The maximum atomic E-state index is 14.3. The van der Waals surface area contributed by atoms with Crippen molar-refractivity contribution < 1.29 is 47.9 Å². The first-order valence-corrected chi connectivity index (χ1v) is 31.8. The topological polar surface area (TPSA) is 296 Å². The van der Waals surface area contributed by atoms with E-state index in [9.17, 15) is 47.9 Å². The van der Waals surface area contributed by atoms with E-state index in [1.165, 1.54) is 14.7 Å². The number of H-pyrrole nitrogens is 2. The van der Waals surface area contributed by atoms with Crippen molar-refractivity contribution in [2.75, 3.05) is 0 Å². The smallest absolute Gasteiger partial charge is 0.261 e. The number of benzene rings is 9. The average molecular weight is 1310 g/mol. The van der Waals surface area contributed by atoms with E-state index in [1.54, 1.807) is 188 Å². The van der Waals surface area contributed by atoms with E-state index >= 15 is 0 Å². The number of hydrogen-bond donors (Lipinski definition) is 2. The average Bonchev–Trinajstić information content (AvgIpc) is 1.58. The van der Waals surface area contributed by atoms with Gasteiger partial charge in [-0.1, -0.05) is 103 Å². The molecule has 0 aliphatic carbocycles. The SMILES string of the molecule is O=C1c2ccccc2C(=O)N1Cc1ccc2c3nc4nc(nc5[nH]c(nc6nc(nc([nH]3)c2c1)-c1cc(CN2C(=O)c3ccccc3C2=O)c(CN2C(=O)c3ccccc3C2=O)cc1-6)c1cc(CN2C(=O)c3ccccc3C2=O)ccc51)-c1c(CN2C(=O)c3ccccc3C2=O)cccc1-4. The summed E-state index contributed by atoms with van der Waals surface area (Å²) >= 11 is 0. The van der Waals surface area contributed by atoms with Gasteiger partial charge >= 0.3 is 0 Å². The minimum Gasteiger partial charge on any atom is -0.324 e. The van der Waals surface area contributed by atoms with E-state index in [4.69, 9.17) is 29.9 Å². The molecule has 9 aromatic carbocycles. The maximum Gasteiger partial charge on any atom is 0.261 e. The largest absolute Gasteiger partial charge is 0.324 e. The molecule has 476 valence electrons. The Morgan fingerprint density at radius 1 is 0.230 bits per heavy atom. The Labute approximate surface area is 562 Å². The third kappa shape index (κ3) is 8.50. The first kappa shape index (κ1) is 57.5. The maximum absolute atomic E-state index is 14.3. The molecule has 7 aliphatic heterocycles. The lowest BCUT2D eigenvalue weighted by Gasteiger charge is -2.21. The molecular weight excluding hydrogens is 1270 g/mol. The van der Waals surface area contributed by atoms with Gasteiger partial charge < -0.3 is 9.97 Å². The van der Waals surface area contributed by atoms with Gasteiger partial charge in [-0.15, -0.1) is 0 Å². The molecule has 7 aliphatic rings. The summed E-state index contributed by atoms with van der Waals surface area (Å²) < 4.78 is 0. The van der Waals surface area contributed by atoms with Crippen molar-refractivity contribution in [2.45, 2.75) is 32.7 Å². The summed E-state index contributed by atoms with van der Waals surface area (Å²) in [4.78, 5) is 185. The number of aromatic amines is 2. The number of aromatic nitrogens is 8. The Morgan fingerprint density at radius 2 is 0.500 bits per heavy atom. The monoisotopic (exact) mass is 1310 g/mol. The number of nitrogens with one attached hydrogen (secondary N) is 2. The van der Waals surface area contributed by atoms with Crippen LogP contribution in [0, 0.1) is 0 Å². The number of amides is 10. The summed E-state index contributed by atoms with van der Waals surface area (Å²) in [6, 6.07) is 52.2. The van der Waals surface area contributed by atoms with Gasteiger partial charge in [0, 0.05) is 43.8 Å². The number of nitrogens with zero attached hydrogens (tertiary/aromatic N) is 11. The molecule has 2 N–H and O–H groups in total. The van der Waals surface area contributed by atoms with E-state index in [0.717, 1.165) is 9.80 Å². The van der Waals surface area contributed by atoms with Crippen LogP contribution in [0.25, 0.3) is 89.7 Å². The normalized spacial score (nSPS) is 14.9. The minimum atomic E-state index is -0.561. The Hall–Kier alpha value is -14.0. The van der Waals surface area contributed by atoms with E-state index in [-0.39, 0.29) is 134 Å². The van der Waals surface area contributed by atoms with E-state index < -0.39 is 59.1 Å². The van der Waals surface area contributed by atoms with Crippen LogP contribution in [0.5, 0.6) is 0 Å². The second kappa shape index (κ2) is 21.3. The molecule has 23 nitrogen and oxygen atoms in total. The van der Waals surface area contributed by atoms with Gasteiger partial charge in [0.1, 0.15) is 22.6 Å². The van der Waals surface area contributed by atoms with Crippen molar-refractivity contribution in [2.24, 2.45) is 0 Å². The summed E-state index contributed by atoms with van der Waals surface area (Å²) in [5, 5.41) is 1.90. The Bertz CT molecular complexity index is 5980. The zero-order valence-electron chi connectivity index (χ0n) is 51.9. The predicted octanol–water partition coefficient (Wildman–Crippen LogP) is 10.9. The van der Waals surface area contributed by atoms with Crippen LogP contribution < -0.4 is 0 Å². The molecule has 0 spiro atoms. The van der Waals surface area contributed by atoms with Crippen molar-refractivity contribution in [1.82, 2.24) is 64.4 Å². The quantitative estimate of drug-likeness (QED) is 0.120. The van der Waals surface area contributed by atoms with Crippen LogP contribution in [0.2, 0.25) is 0 Å². The summed E-state index contributed by atoms with van der Waals surface area (Å²) in [5.74, 6) is -4.66. The predicted molar refractivity (Wildman–Crippen MR) is 359 cm³/mol. The molecule has 0 saturated heterocycles.